The highest BCUT2D eigenvalue weighted by atomic mass is 16.5. The molecular weight excluding hydrogens is 308 g/mol. The van der Waals surface area contributed by atoms with Gasteiger partial charge >= 0.3 is 6.09 Å². The van der Waals surface area contributed by atoms with Crippen molar-refractivity contribution in [2.45, 2.75) is 12.5 Å². The van der Waals surface area contributed by atoms with Crippen molar-refractivity contribution in [2.24, 2.45) is 0 Å². The Morgan fingerprint density at radius 3 is 2.67 bits per heavy atom. The first kappa shape index (κ1) is 15.9. The summed E-state index contributed by atoms with van der Waals surface area (Å²) in [7, 11) is 1.32. The smallest absolute Gasteiger partial charge is 0.407 e. The van der Waals surface area contributed by atoms with Crippen LogP contribution in [0.3, 0.4) is 0 Å². The highest BCUT2D eigenvalue weighted by Crippen LogP contribution is 2.35. The first-order valence-electron chi connectivity index (χ1n) is 7.65. The Hall–Kier alpha value is -3.02. The lowest BCUT2D eigenvalue weighted by Crippen LogP contribution is -2.32. The van der Waals surface area contributed by atoms with E-state index in [1.807, 2.05) is 36.4 Å². The molecule has 124 valence electrons. The maximum Gasteiger partial charge on any atom is 0.407 e. The second kappa shape index (κ2) is 7.04. The highest BCUT2D eigenvalue weighted by molar-refractivity contribution is 6.06. The number of nitrogens with one attached hydrogen (secondary N) is 2. The Morgan fingerprint density at radius 1 is 1.12 bits per heavy atom. The lowest BCUT2D eigenvalue weighted by atomic mass is 9.97. The number of fused-ring (bicyclic) bond motifs is 1. The molecule has 0 aliphatic carbocycles. The molecule has 0 aromatic heterocycles. The zero-order valence-corrected chi connectivity index (χ0v) is 13.2. The molecule has 2 aromatic rings. The molecule has 1 aliphatic rings. The zero-order chi connectivity index (χ0) is 16.9. The van der Waals surface area contributed by atoms with Gasteiger partial charge in [-0.1, -0.05) is 30.3 Å². The fourth-order valence-electron chi connectivity index (χ4n) is 2.67. The minimum Gasteiger partial charge on any atom is -0.492 e. The molecule has 2 aromatic carbocycles. The minimum atomic E-state index is -0.507. The van der Waals surface area contributed by atoms with E-state index in [0.29, 0.717) is 30.0 Å². The Balaban J connectivity index is 1.86. The molecule has 3 rings (SSSR count). The van der Waals surface area contributed by atoms with Gasteiger partial charge in [0.15, 0.2) is 0 Å². The van der Waals surface area contributed by atoms with Crippen molar-refractivity contribution >= 4 is 17.7 Å². The van der Waals surface area contributed by atoms with Crippen molar-refractivity contribution in [1.29, 1.82) is 0 Å². The Morgan fingerprint density at radius 2 is 1.92 bits per heavy atom. The van der Waals surface area contributed by atoms with Crippen LogP contribution in [-0.2, 0) is 4.74 Å². The van der Waals surface area contributed by atoms with E-state index < -0.39 is 6.09 Å². The summed E-state index contributed by atoms with van der Waals surface area (Å²) in [5.41, 5.74) is 1.92. The summed E-state index contributed by atoms with van der Waals surface area (Å²) in [4.78, 5) is 24.1. The van der Waals surface area contributed by atoms with Crippen molar-refractivity contribution in [3.63, 3.8) is 0 Å². The summed E-state index contributed by atoms with van der Waals surface area (Å²) in [6, 6.07) is 14.3. The number of para-hydroxylation sites is 2. The van der Waals surface area contributed by atoms with Crippen molar-refractivity contribution in [3.8, 4) is 5.75 Å². The van der Waals surface area contributed by atoms with E-state index in [2.05, 4.69) is 15.4 Å². The number of carbonyl (C=O) groups excluding carboxylic acids is 2. The molecule has 1 atom stereocenters. The van der Waals surface area contributed by atoms with Gasteiger partial charge in [-0.25, -0.2) is 4.79 Å². The van der Waals surface area contributed by atoms with E-state index >= 15 is 0 Å². The molecule has 1 aliphatic heterocycles. The first-order valence-corrected chi connectivity index (χ1v) is 7.65. The SMILES string of the molecule is COC(=O)N[C@H]1CCOc2c(C(=O)Nc3ccccc3)cccc21. The number of alkyl carbamates (subject to hydrolysis) is 1. The van der Waals surface area contributed by atoms with Gasteiger partial charge in [-0.2, -0.15) is 0 Å². The van der Waals surface area contributed by atoms with Gasteiger partial charge in [-0.05, 0) is 18.2 Å². The van der Waals surface area contributed by atoms with Crippen LogP contribution in [0, 0.1) is 0 Å². The number of rotatable bonds is 3. The topological polar surface area (TPSA) is 76.7 Å². The molecule has 24 heavy (non-hydrogen) atoms. The second-order valence-electron chi connectivity index (χ2n) is 5.37. The molecule has 0 saturated heterocycles. The Kier molecular flexibility index (Phi) is 4.65. The lowest BCUT2D eigenvalue weighted by molar-refractivity contribution is 0.102. The first-order chi connectivity index (χ1) is 11.7. The van der Waals surface area contributed by atoms with Crippen molar-refractivity contribution in [3.05, 3.63) is 59.7 Å². The summed E-state index contributed by atoms with van der Waals surface area (Å²) in [5.74, 6) is 0.246. The summed E-state index contributed by atoms with van der Waals surface area (Å²) in [6.45, 7) is 0.414. The van der Waals surface area contributed by atoms with Gasteiger partial charge in [-0.3, -0.25) is 4.79 Å². The van der Waals surface area contributed by atoms with Crippen LogP contribution >= 0.6 is 0 Å². The third-order valence-corrected chi connectivity index (χ3v) is 3.83. The molecule has 2 N–H and O–H groups in total. The average molecular weight is 326 g/mol. The summed E-state index contributed by atoms with van der Waals surface area (Å²) in [6.07, 6.45) is 0.110. The van der Waals surface area contributed by atoms with Gasteiger partial charge in [0.05, 0.1) is 25.3 Å². The van der Waals surface area contributed by atoms with E-state index in [9.17, 15) is 9.59 Å². The number of methoxy groups -OCH3 is 1. The summed E-state index contributed by atoms with van der Waals surface area (Å²) < 4.78 is 10.4. The maximum absolute atomic E-state index is 12.6. The molecule has 0 unspecified atom stereocenters. The molecule has 1 heterocycles. The third-order valence-electron chi connectivity index (χ3n) is 3.83. The van der Waals surface area contributed by atoms with Crippen LogP contribution in [0.4, 0.5) is 10.5 Å². The van der Waals surface area contributed by atoms with E-state index in [0.717, 1.165) is 5.56 Å². The van der Waals surface area contributed by atoms with Crippen LogP contribution in [0.5, 0.6) is 5.75 Å². The number of hydrogen-bond donors (Lipinski definition) is 2. The molecule has 0 bridgehead atoms. The van der Waals surface area contributed by atoms with Gasteiger partial charge < -0.3 is 20.1 Å². The quantitative estimate of drug-likeness (QED) is 0.908. The monoisotopic (exact) mass is 326 g/mol. The van der Waals surface area contributed by atoms with E-state index in [4.69, 9.17) is 4.74 Å². The Labute approximate surface area is 139 Å². The number of ether oxygens (including phenoxy) is 2. The third kappa shape index (κ3) is 3.32. The van der Waals surface area contributed by atoms with Crippen LogP contribution < -0.4 is 15.4 Å². The van der Waals surface area contributed by atoms with Gasteiger partial charge in [0.25, 0.3) is 5.91 Å². The molecular formula is C18H18N2O4. The normalized spacial score (nSPS) is 15.6. The van der Waals surface area contributed by atoms with E-state index in [1.165, 1.54) is 7.11 Å². The number of carbonyl (C=O) groups is 2. The molecule has 6 nitrogen and oxygen atoms in total. The fourth-order valence-corrected chi connectivity index (χ4v) is 2.67. The predicted molar refractivity (Wildman–Crippen MR) is 89.2 cm³/mol. The standard InChI is InChI=1S/C18H18N2O4/c1-23-18(22)20-15-10-11-24-16-13(15)8-5-9-14(16)17(21)19-12-6-3-2-4-7-12/h2-9,15H,10-11H2,1H3,(H,19,21)(H,20,22)/t15-/m0/s1. The highest BCUT2D eigenvalue weighted by Gasteiger charge is 2.27. The lowest BCUT2D eigenvalue weighted by Gasteiger charge is -2.27. The number of benzene rings is 2. The van der Waals surface area contributed by atoms with E-state index in [-0.39, 0.29) is 11.9 Å². The van der Waals surface area contributed by atoms with Crippen LogP contribution in [0.2, 0.25) is 0 Å². The van der Waals surface area contributed by atoms with Gasteiger partial charge in [0.1, 0.15) is 5.75 Å². The Bertz CT molecular complexity index is 746. The maximum atomic E-state index is 12.6. The zero-order valence-electron chi connectivity index (χ0n) is 13.2. The van der Waals surface area contributed by atoms with Crippen LogP contribution in [-0.4, -0.2) is 25.7 Å². The number of anilines is 1. The molecule has 2 amide bonds. The number of amides is 2. The van der Waals surface area contributed by atoms with Crippen molar-refractivity contribution < 1.29 is 19.1 Å². The van der Waals surface area contributed by atoms with Crippen LogP contribution in [0.15, 0.2) is 48.5 Å². The largest absolute Gasteiger partial charge is 0.492 e. The van der Waals surface area contributed by atoms with Gasteiger partial charge in [0.2, 0.25) is 0 Å². The molecule has 6 heteroatoms. The molecule has 0 spiro atoms. The van der Waals surface area contributed by atoms with Crippen LogP contribution in [0.25, 0.3) is 0 Å². The second-order valence-corrected chi connectivity index (χ2v) is 5.37. The fraction of sp³-hybridized carbons (Fsp3) is 0.222. The number of hydrogen-bond acceptors (Lipinski definition) is 4. The summed E-state index contributed by atoms with van der Waals surface area (Å²) >= 11 is 0. The van der Waals surface area contributed by atoms with E-state index in [1.54, 1.807) is 12.1 Å². The summed E-state index contributed by atoms with van der Waals surface area (Å²) in [5, 5.41) is 5.61. The molecule has 0 radical (unpaired) electrons. The minimum absolute atomic E-state index is 0.245. The van der Waals surface area contributed by atoms with Gasteiger partial charge in [0, 0.05) is 17.7 Å². The molecule has 0 fully saturated rings. The molecule has 0 saturated carbocycles. The van der Waals surface area contributed by atoms with Crippen molar-refractivity contribution in [1.82, 2.24) is 5.32 Å². The van der Waals surface area contributed by atoms with Gasteiger partial charge in [-0.15, -0.1) is 0 Å². The predicted octanol–water partition coefficient (Wildman–Crippen LogP) is 3.12. The average Bonchev–Trinajstić information content (AvgIpc) is 2.62. The van der Waals surface area contributed by atoms with Crippen LogP contribution in [0.1, 0.15) is 28.4 Å². The van der Waals surface area contributed by atoms with Crippen molar-refractivity contribution in [2.75, 3.05) is 19.0 Å².